The highest BCUT2D eigenvalue weighted by Gasteiger charge is 2.20. The Morgan fingerprint density at radius 3 is 2.07 bits per heavy atom. The van der Waals surface area contributed by atoms with Crippen LogP contribution in [-0.2, 0) is 0 Å². The summed E-state index contributed by atoms with van der Waals surface area (Å²) in [4.78, 5) is 1.88. The number of likely N-dealkylation sites (tertiary alicyclic amines) is 1. The topological polar surface area (TPSA) is 4.44 Å². The molecule has 1 heterocycles. The normalized spacial score (nSPS) is 24.2. The second kappa shape index (κ2) is 6.44. The predicted octanol–water partition coefficient (Wildman–Crippen LogP) is 2.27. The van der Waals surface area contributed by atoms with Crippen LogP contribution in [0.1, 0.15) is 59.3 Å². The highest BCUT2D eigenvalue weighted by Crippen LogP contribution is 2.08. The molecule has 1 N–H and O–H groups in total. The molecule has 1 nitrogen and oxygen atoms in total. The minimum absolute atomic E-state index is 0.892. The Hall–Kier alpha value is -0.0400. The van der Waals surface area contributed by atoms with Crippen LogP contribution in [0.25, 0.3) is 0 Å². The zero-order chi connectivity index (χ0) is 10.4. The van der Waals surface area contributed by atoms with Crippen molar-refractivity contribution in [3.05, 3.63) is 0 Å². The zero-order valence-electron chi connectivity index (χ0n) is 10.3. The highest BCUT2D eigenvalue weighted by atomic mass is 15.1. The Balaban J connectivity index is 2.30. The summed E-state index contributed by atoms with van der Waals surface area (Å²) < 4.78 is 0. The molecular formula is C13H28N+. The van der Waals surface area contributed by atoms with Crippen LogP contribution in [-0.4, -0.2) is 19.1 Å². The first-order chi connectivity index (χ1) is 6.74. The van der Waals surface area contributed by atoms with Gasteiger partial charge in [0, 0.05) is 6.42 Å². The molecule has 1 aliphatic rings. The summed E-state index contributed by atoms with van der Waals surface area (Å²) in [7, 11) is 0. The summed E-state index contributed by atoms with van der Waals surface area (Å²) >= 11 is 0. The number of rotatable bonds is 4. The van der Waals surface area contributed by atoms with Crippen molar-refractivity contribution in [2.45, 2.75) is 65.3 Å². The van der Waals surface area contributed by atoms with E-state index in [1.165, 1.54) is 51.6 Å². The largest absolute Gasteiger partial charge is 0.333 e. The zero-order valence-corrected chi connectivity index (χ0v) is 10.3. The monoisotopic (exact) mass is 198 g/mol. The first kappa shape index (κ1) is 12.0. The van der Waals surface area contributed by atoms with Crippen molar-refractivity contribution < 1.29 is 4.90 Å². The van der Waals surface area contributed by atoms with Crippen LogP contribution in [0, 0.1) is 5.92 Å². The Bertz CT molecular complexity index is 136. The maximum atomic E-state index is 2.45. The summed E-state index contributed by atoms with van der Waals surface area (Å²) in [5, 5.41) is 0. The number of quaternary nitrogens is 1. The van der Waals surface area contributed by atoms with Crippen molar-refractivity contribution in [2.75, 3.05) is 13.1 Å². The molecule has 0 spiro atoms. The fraction of sp³-hybridized carbons (Fsp3) is 1.00. The first-order valence-electron chi connectivity index (χ1n) is 6.58. The van der Waals surface area contributed by atoms with Gasteiger partial charge in [0.25, 0.3) is 0 Å². The summed E-state index contributed by atoms with van der Waals surface area (Å²) in [6.45, 7) is 10.0. The van der Waals surface area contributed by atoms with E-state index < -0.39 is 0 Å². The minimum Gasteiger partial charge on any atom is -0.333 e. The Morgan fingerprint density at radius 1 is 1.00 bits per heavy atom. The molecule has 0 aromatic rings. The van der Waals surface area contributed by atoms with Crippen molar-refractivity contribution in [3.63, 3.8) is 0 Å². The summed E-state index contributed by atoms with van der Waals surface area (Å²) in [5.41, 5.74) is 0. The van der Waals surface area contributed by atoms with Gasteiger partial charge >= 0.3 is 0 Å². The molecule has 1 heteroatoms. The smallest absolute Gasteiger partial charge is 0.0848 e. The fourth-order valence-corrected chi connectivity index (χ4v) is 2.61. The molecule has 0 aromatic carbocycles. The lowest BCUT2D eigenvalue weighted by atomic mass is 9.99. The molecule has 0 aliphatic carbocycles. The van der Waals surface area contributed by atoms with E-state index >= 15 is 0 Å². The Morgan fingerprint density at radius 2 is 1.57 bits per heavy atom. The summed E-state index contributed by atoms with van der Waals surface area (Å²) in [5.74, 6) is 0.917. The van der Waals surface area contributed by atoms with E-state index in [2.05, 4.69) is 20.8 Å². The van der Waals surface area contributed by atoms with E-state index in [1.54, 1.807) is 0 Å². The van der Waals surface area contributed by atoms with Gasteiger partial charge in [-0.1, -0.05) is 20.3 Å². The van der Waals surface area contributed by atoms with Gasteiger partial charge in [-0.25, -0.2) is 0 Å². The second-order valence-corrected chi connectivity index (χ2v) is 5.22. The van der Waals surface area contributed by atoms with Gasteiger partial charge < -0.3 is 4.90 Å². The van der Waals surface area contributed by atoms with Crippen LogP contribution in [0.3, 0.4) is 0 Å². The van der Waals surface area contributed by atoms with Gasteiger partial charge in [-0.05, 0) is 38.5 Å². The average Bonchev–Trinajstić information content (AvgIpc) is 2.45. The third kappa shape index (κ3) is 4.00. The second-order valence-electron chi connectivity index (χ2n) is 5.22. The van der Waals surface area contributed by atoms with E-state index in [0.717, 1.165) is 12.0 Å². The quantitative estimate of drug-likeness (QED) is 0.707. The average molecular weight is 198 g/mol. The molecule has 0 aromatic heterocycles. The lowest BCUT2D eigenvalue weighted by Crippen LogP contribution is -3.15. The lowest BCUT2D eigenvalue weighted by Gasteiger charge is -2.26. The fourth-order valence-electron chi connectivity index (χ4n) is 2.61. The van der Waals surface area contributed by atoms with Crippen LogP contribution >= 0.6 is 0 Å². The number of hydrogen-bond donors (Lipinski definition) is 1. The van der Waals surface area contributed by atoms with Crippen LogP contribution in [0.15, 0.2) is 0 Å². The predicted molar refractivity (Wildman–Crippen MR) is 62.7 cm³/mol. The molecule has 1 fully saturated rings. The van der Waals surface area contributed by atoms with Crippen molar-refractivity contribution in [1.29, 1.82) is 0 Å². The van der Waals surface area contributed by atoms with Crippen molar-refractivity contribution in [2.24, 2.45) is 5.92 Å². The maximum Gasteiger partial charge on any atom is 0.0848 e. The molecule has 0 amide bonds. The van der Waals surface area contributed by atoms with Crippen LogP contribution in [0.5, 0.6) is 0 Å². The van der Waals surface area contributed by atoms with Gasteiger partial charge in [-0.15, -0.1) is 0 Å². The van der Waals surface area contributed by atoms with E-state index in [0.29, 0.717) is 0 Å². The third-order valence-corrected chi connectivity index (χ3v) is 3.90. The van der Waals surface area contributed by atoms with E-state index in [1.807, 2.05) is 4.90 Å². The van der Waals surface area contributed by atoms with E-state index in [9.17, 15) is 0 Å². The van der Waals surface area contributed by atoms with Crippen LogP contribution in [0.2, 0.25) is 0 Å². The van der Waals surface area contributed by atoms with E-state index in [4.69, 9.17) is 0 Å². The first-order valence-corrected chi connectivity index (χ1v) is 6.58. The highest BCUT2D eigenvalue weighted by molar-refractivity contribution is 4.57. The molecular weight excluding hydrogens is 170 g/mol. The maximum absolute atomic E-state index is 2.45. The lowest BCUT2D eigenvalue weighted by molar-refractivity contribution is -0.923. The molecule has 1 saturated heterocycles. The van der Waals surface area contributed by atoms with Gasteiger partial charge in [0.15, 0.2) is 0 Å². The SMILES string of the molecule is CCC(C)CC(C)[NH+]1CCCCCC1. The Kier molecular flexibility index (Phi) is 5.54. The summed E-state index contributed by atoms with van der Waals surface area (Å²) in [6, 6.07) is 0.892. The molecule has 2 atom stereocenters. The van der Waals surface area contributed by atoms with Gasteiger partial charge in [0.1, 0.15) is 0 Å². The van der Waals surface area contributed by atoms with Crippen molar-refractivity contribution in [1.82, 2.24) is 0 Å². The molecule has 0 radical (unpaired) electrons. The molecule has 0 bridgehead atoms. The molecule has 0 saturated carbocycles. The van der Waals surface area contributed by atoms with Gasteiger partial charge in [0.05, 0.1) is 19.1 Å². The van der Waals surface area contributed by atoms with E-state index in [-0.39, 0.29) is 0 Å². The van der Waals surface area contributed by atoms with Crippen molar-refractivity contribution >= 4 is 0 Å². The third-order valence-electron chi connectivity index (χ3n) is 3.90. The molecule has 1 aliphatic heterocycles. The van der Waals surface area contributed by atoms with Crippen LogP contribution < -0.4 is 4.90 Å². The van der Waals surface area contributed by atoms with Gasteiger partial charge in [-0.2, -0.15) is 0 Å². The number of hydrogen-bond acceptors (Lipinski definition) is 0. The molecule has 1 rings (SSSR count). The molecule has 14 heavy (non-hydrogen) atoms. The molecule has 84 valence electrons. The van der Waals surface area contributed by atoms with Crippen LogP contribution in [0.4, 0.5) is 0 Å². The standard InChI is InChI=1S/C13H27N/c1-4-12(2)11-13(3)14-9-7-5-6-8-10-14/h12-13H,4-11H2,1-3H3/p+1. The van der Waals surface area contributed by atoms with Gasteiger partial charge in [0.2, 0.25) is 0 Å². The minimum atomic E-state index is 0.892. The summed E-state index contributed by atoms with van der Waals surface area (Å²) in [6.07, 6.45) is 8.63. The number of nitrogens with one attached hydrogen (secondary N) is 1. The van der Waals surface area contributed by atoms with Gasteiger partial charge in [-0.3, -0.25) is 0 Å². The molecule has 2 unspecified atom stereocenters. The Labute approximate surface area is 89.9 Å². The van der Waals surface area contributed by atoms with Crippen molar-refractivity contribution in [3.8, 4) is 0 Å².